The molecule has 15 heavy (non-hydrogen) atoms. The van der Waals surface area contributed by atoms with E-state index in [-0.39, 0.29) is 0 Å². The van der Waals surface area contributed by atoms with Gasteiger partial charge in [-0.3, -0.25) is 0 Å². The molecule has 4 heteroatoms. The molecule has 1 aromatic carbocycles. The molecule has 1 atom stereocenters. The molecule has 0 fully saturated rings. The van der Waals surface area contributed by atoms with Crippen LogP contribution in [0.25, 0.3) is 0 Å². The Balaban J connectivity index is 2.92. The van der Waals surface area contributed by atoms with Gasteiger partial charge >= 0.3 is 0 Å². The number of ether oxygens (including phenoxy) is 2. The Morgan fingerprint density at radius 1 is 1.47 bits per heavy atom. The van der Waals surface area contributed by atoms with Gasteiger partial charge in [0.15, 0.2) is 17.6 Å². The summed E-state index contributed by atoms with van der Waals surface area (Å²) in [6.45, 7) is 1.88. The Morgan fingerprint density at radius 3 is 2.73 bits per heavy atom. The Hall–Kier alpha value is -1.89. The number of nitriles is 1. The van der Waals surface area contributed by atoms with Gasteiger partial charge in [0.1, 0.15) is 6.07 Å². The van der Waals surface area contributed by atoms with Crippen LogP contribution in [0.15, 0.2) is 18.2 Å². The standard InChI is InChI=1S/C11H14N2O2/c1-3-9(7-12)15-11-6-8(13)4-5-10(11)14-2/h4-6,9H,3,13H2,1-2H3. The van der Waals surface area contributed by atoms with Gasteiger partial charge in [0.05, 0.1) is 7.11 Å². The zero-order valence-corrected chi connectivity index (χ0v) is 8.86. The lowest BCUT2D eigenvalue weighted by atomic mass is 10.2. The highest BCUT2D eigenvalue weighted by Crippen LogP contribution is 2.30. The first-order chi connectivity index (χ1) is 7.21. The van der Waals surface area contributed by atoms with Crippen LogP contribution in [0.5, 0.6) is 11.5 Å². The molecule has 0 saturated carbocycles. The normalized spacial score (nSPS) is 11.5. The van der Waals surface area contributed by atoms with E-state index in [2.05, 4.69) is 6.07 Å². The highest BCUT2D eigenvalue weighted by atomic mass is 16.5. The molecule has 2 N–H and O–H groups in total. The number of benzene rings is 1. The summed E-state index contributed by atoms with van der Waals surface area (Å²) in [7, 11) is 1.55. The number of anilines is 1. The van der Waals surface area contributed by atoms with Gasteiger partial charge in [0.25, 0.3) is 0 Å². The van der Waals surface area contributed by atoms with Crippen molar-refractivity contribution in [1.82, 2.24) is 0 Å². The van der Waals surface area contributed by atoms with E-state index in [0.29, 0.717) is 23.6 Å². The number of hydrogen-bond acceptors (Lipinski definition) is 4. The summed E-state index contributed by atoms with van der Waals surface area (Å²) in [6, 6.07) is 7.14. The molecule has 0 spiro atoms. The number of nitrogen functional groups attached to an aromatic ring is 1. The van der Waals surface area contributed by atoms with Crippen molar-refractivity contribution in [2.24, 2.45) is 0 Å². The minimum Gasteiger partial charge on any atom is -0.493 e. The van der Waals surface area contributed by atoms with E-state index >= 15 is 0 Å². The third-order valence-electron chi connectivity index (χ3n) is 1.97. The molecule has 1 unspecified atom stereocenters. The molecule has 0 aliphatic carbocycles. The Kier molecular flexibility index (Phi) is 3.81. The van der Waals surface area contributed by atoms with Crippen LogP contribution in [-0.4, -0.2) is 13.2 Å². The molecular weight excluding hydrogens is 192 g/mol. The van der Waals surface area contributed by atoms with Crippen LogP contribution in [0, 0.1) is 11.3 Å². The van der Waals surface area contributed by atoms with Crippen molar-refractivity contribution in [3.05, 3.63) is 18.2 Å². The first kappa shape index (κ1) is 11.2. The van der Waals surface area contributed by atoms with Gasteiger partial charge in [0, 0.05) is 11.8 Å². The predicted octanol–water partition coefficient (Wildman–Crippen LogP) is 1.96. The maximum atomic E-state index is 8.77. The summed E-state index contributed by atoms with van der Waals surface area (Å²) in [4.78, 5) is 0. The van der Waals surface area contributed by atoms with Gasteiger partial charge in [0.2, 0.25) is 0 Å². The monoisotopic (exact) mass is 206 g/mol. The molecule has 0 heterocycles. The SMILES string of the molecule is CCC(C#N)Oc1cc(N)ccc1OC. The molecule has 1 rings (SSSR count). The van der Waals surface area contributed by atoms with E-state index in [4.69, 9.17) is 20.5 Å². The molecule has 1 aromatic rings. The van der Waals surface area contributed by atoms with Crippen LogP contribution >= 0.6 is 0 Å². The molecule has 0 aliphatic rings. The molecule has 80 valence electrons. The van der Waals surface area contributed by atoms with Crippen molar-refractivity contribution < 1.29 is 9.47 Å². The predicted molar refractivity (Wildman–Crippen MR) is 57.7 cm³/mol. The second kappa shape index (κ2) is 5.11. The average Bonchev–Trinajstić information content (AvgIpc) is 2.26. The van der Waals surface area contributed by atoms with Crippen LogP contribution in [-0.2, 0) is 0 Å². The number of hydrogen-bond donors (Lipinski definition) is 1. The topological polar surface area (TPSA) is 68.3 Å². The van der Waals surface area contributed by atoms with E-state index in [0.717, 1.165) is 0 Å². The van der Waals surface area contributed by atoms with Gasteiger partial charge in [-0.25, -0.2) is 0 Å². The molecule has 0 aliphatic heterocycles. The zero-order chi connectivity index (χ0) is 11.3. The van der Waals surface area contributed by atoms with Crippen LogP contribution in [0.2, 0.25) is 0 Å². The lowest BCUT2D eigenvalue weighted by Gasteiger charge is -2.13. The average molecular weight is 206 g/mol. The summed E-state index contributed by atoms with van der Waals surface area (Å²) < 4.78 is 10.5. The number of nitrogens with zero attached hydrogens (tertiary/aromatic N) is 1. The summed E-state index contributed by atoms with van der Waals surface area (Å²) in [5.74, 6) is 1.09. The van der Waals surface area contributed by atoms with Crippen molar-refractivity contribution in [2.75, 3.05) is 12.8 Å². The minimum absolute atomic E-state index is 0.472. The van der Waals surface area contributed by atoms with Crippen LogP contribution in [0.4, 0.5) is 5.69 Å². The van der Waals surface area contributed by atoms with Crippen molar-refractivity contribution in [3.63, 3.8) is 0 Å². The second-order valence-electron chi connectivity index (χ2n) is 3.05. The van der Waals surface area contributed by atoms with E-state index in [1.165, 1.54) is 0 Å². The number of methoxy groups -OCH3 is 1. The quantitative estimate of drug-likeness (QED) is 0.764. The van der Waals surface area contributed by atoms with E-state index in [1.54, 1.807) is 25.3 Å². The first-order valence-corrected chi connectivity index (χ1v) is 4.71. The molecule has 0 radical (unpaired) electrons. The van der Waals surface area contributed by atoms with Crippen molar-refractivity contribution in [3.8, 4) is 17.6 Å². The van der Waals surface area contributed by atoms with E-state index in [1.807, 2.05) is 6.92 Å². The fourth-order valence-electron chi connectivity index (χ4n) is 1.14. The third kappa shape index (κ3) is 2.78. The zero-order valence-electron chi connectivity index (χ0n) is 8.86. The van der Waals surface area contributed by atoms with Gasteiger partial charge in [-0.1, -0.05) is 6.92 Å². The maximum absolute atomic E-state index is 8.77. The second-order valence-corrected chi connectivity index (χ2v) is 3.05. The van der Waals surface area contributed by atoms with Gasteiger partial charge < -0.3 is 15.2 Å². The lowest BCUT2D eigenvalue weighted by molar-refractivity contribution is 0.239. The smallest absolute Gasteiger partial charge is 0.184 e. The fourth-order valence-corrected chi connectivity index (χ4v) is 1.14. The molecule has 0 amide bonds. The van der Waals surface area contributed by atoms with Crippen molar-refractivity contribution >= 4 is 5.69 Å². The third-order valence-corrected chi connectivity index (χ3v) is 1.97. The Bertz CT molecular complexity index is 371. The lowest BCUT2D eigenvalue weighted by Crippen LogP contribution is -2.12. The molecular formula is C11H14N2O2. The summed E-state index contributed by atoms with van der Waals surface area (Å²) in [6.07, 6.45) is 0.148. The summed E-state index contributed by atoms with van der Waals surface area (Å²) >= 11 is 0. The molecule has 0 saturated heterocycles. The van der Waals surface area contributed by atoms with Crippen molar-refractivity contribution in [1.29, 1.82) is 5.26 Å². The fraction of sp³-hybridized carbons (Fsp3) is 0.364. The van der Waals surface area contributed by atoms with Crippen molar-refractivity contribution in [2.45, 2.75) is 19.4 Å². The minimum atomic E-state index is -0.472. The largest absolute Gasteiger partial charge is 0.493 e. The first-order valence-electron chi connectivity index (χ1n) is 4.71. The number of nitrogens with two attached hydrogens (primary N) is 1. The van der Waals surface area contributed by atoms with E-state index < -0.39 is 6.10 Å². The molecule has 4 nitrogen and oxygen atoms in total. The van der Waals surface area contributed by atoms with Gasteiger partial charge in [-0.2, -0.15) is 5.26 Å². The molecule has 0 aromatic heterocycles. The highest BCUT2D eigenvalue weighted by Gasteiger charge is 2.10. The summed E-state index contributed by atoms with van der Waals surface area (Å²) in [5, 5.41) is 8.77. The van der Waals surface area contributed by atoms with Crippen LogP contribution in [0.3, 0.4) is 0 Å². The summed E-state index contributed by atoms with van der Waals surface area (Å²) in [5.41, 5.74) is 6.20. The molecule has 0 bridgehead atoms. The van der Waals surface area contributed by atoms with Crippen LogP contribution in [0.1, 0.15) is 13.3 Å². The van der Waals surface area contributed by atoms with E-state index in [9.17, 15) is 0 Å². The number of rotatable bonds is 4. The maximum Gasteiger partial charge on any atom is 0.184 e. The Labute approximate surface area is 89.2 Å². The van der Waals surface area contributed by atoms with Gasteiger partial charge in [-0.15, -0.1) is 0 Å². The Morgan fingerprint density at radius 2 is 2.20 bits per heavy atom. The van der Waals surface area contributed by atoms with Crippen LogP contribution < -0.4 is 15.2 Å². The van der Waals surface area contributed by atoms with Gasteiger partial charge in [-0.05, 0) is 18.6 Å². The highest BCUT2D eigenvalue weighted by molar-refractivity contribution is 5.52.